The Hall–Kier alpha value is -0.300. The highest BCUT2D eigenvalue weighted by atomic mass is 14.5. The van der Waals surface area contributed by atoms with Crippen molar-refractivity contribution in [3.63, 3.8) is 0 Å². The molecule has 0 aliphatic heterocycles. The minimum absolute atomic E-state index is 0.628. The molecule has 2 atom stereocenters. The second-order valence-corrected chi connectivity index (χ2v) is 2.71. The molecule has 0 saturated heterocycles. The lowest BCUT2D eigenvalue weighted by molar-refractivity contribution is 0.400. The van der Waals surface area contributed by atoms with E-state index in [0.717, 1.165) is 13.0 Å². The first-order valence-electron chi connectivity index (χ1n) is 3.53. The molecule has 0 radical (unpaired) electrons. The topological polar surface area (TPSA) is 26.0 Å². The van der Waals surface area contributed by atoms with Crippen LogP contribution in [0.5, 0.6) is 0 Å². The minimum Gasteiger partial charge on any atom is -0.330 e. The lowest BCUT2D eigenvalue weighted by Crippen LogP contribution is -2.17. The zero-order valence-electron chi connectivity index (χ0n) is 6.43. The Labute approximate surface area is 57.9 Å². The van der Waals surface area contributed by atoms with Crippen LogP contribution in [0.4, 0.5) is 0 Å². The Morgan fingerprint density at radius 2 is 2.00 bits per heavy atom. The summed E-state index contributed by atoms with van der Waals surface area (Å²) in [6, 6.07) is 0. The zero-order chi connectivity index (χ0) is 7.28. The van der Waals surface area contributed by atoms with Crippen LogP contribution in [0.15, 0.2) is 12.7 Å². The summed E-state index contributed by atoms with van der Waals surface area (Å²) in [6.07, 6.45) is 3.04. The number of nitrogens with two attached hydrogens (primary N) is 1. The third-order valence-electron chi connectivity index (χ3n) is 1.88. The van der Waals surface area contributed by atoms with Crippen LogP contribution in [-0.4, -0.2) is 6.54 Å². The van der Waals surface area contributed by atoms with Gasteiger partial charge in [0.05, 0.1) is 0 Å². The molecule has 0 aromatic carbocycles. The molecule has 0 heterocycles. The van der Waals surface area contributed by atoms with Crippen molar-refractivity contribution in [3.8, 4) is 0 Å². The van der Waals surface area contributed by atoms with Crippen LogP contribution in [0, 0.1) is 11.8 Å². The van der Waals surface area contributed by atoms with Crippen molar-refractivity contribution < 1.29 is 0 Å². The van der Waals surface area contributed by atoms with Crippen molar-refractivity contribution in [1.82, 2.24) is 0 Å². The van der Waals surface area contributed by atoms with E-state index in [2.05, 4.69) is 20.4 Å². The smallest absolute Gasteiger partial charge is 0.00488 e. The lowest BCUT2D eigenvalue weighted by atomic mass is 9.93. The average Bonchev–Trinajstić information content (AvgIpc) is 1.87. The highest BCUT2D eigenvalue weighted by Crippen LogP contribution is 2.12. The molecule has 1 heteroatoms. The van der Waals surface area contributed by atoms with E-state index >= 15 is 0 Å². The fourth-order valence-electron chi connectivity index (χ4n) is 0.728. The largest absolute Gasteiger partial charge is 0.330 e. The predicted octanol–water partition coefficient (Wildman–Crippen LogP) is 1.79. The maximum Gasteiger partial charge on any atom is -0.00488 e. The van der Waals surface area contributed by atoms with Gasteiger partial charge >= 0.3 is 0 Å². The second-order valence-electron chi connectivity index (χ2n) is 2.71. The summed E-state index contributed by atoms with van der Waals surface area (Å²) in [4.78, 5) is 0. The van der Waals surface area contributed by atoms with Gasteiger partial charge in [-0.15, -0.1) is 6.58 Å². The van der Waals surface area contributed by atoms with Gasteiger partial charge in [-0.1, -0.05) is 19.9 Å². The second kappa shape index (κ2) is 4.57. The number of hydrogen-bond donors (Lipinski definition) is 1. The van der Waals surface area contributed by atoms with Crippen molar-refractivity contribution in [1.29, 1.82) is 0 Å². The van der Waals surface area contributed by atoms with E-state index in [1.807, 2.05) is 6.08 Å². The number of hydrogen-bond acceptors (Lipinski definition) is 1. The van der Waals surface area contributed by atoms with Crippen LogP contribution < -0.4 is 5.73 Å². The number of rotatable bonds is 4. The van der Waals surface area contributed by atoms with Gasteiger partial charge in [0.1, 0.15) is 0 Å². The molecule has 0 saturated carbocycles. The van der Waals surface area contributed by atoms with Gasteiger partial charge in [0.2, 0.25) is 0 Å². The van der Waals surface area contributed by atoms with Gasteiger partial charge in [0, 0.05) is 0 Å². The quantitative estimate of drug-likeness (QED) is 0.572. The average molecular weight is 127 g/mol. The summed E-state index contributed by atoms with van der Waals surface area (Å²) in [5.74, 6) is 1.32. The summed E-state index contributed by atoms with van der Waals surface area (Å²) in [6.45, 7) is 8.85. The lowest BCUT2D eigenvalue weighted by Gasteiger charge is -2.15. The van der Waals surface area contributed by atoms with Crippen molar-refractivity contribution >= 4 is 0 Å². The van der Waals surface area contributed by atoms with Gasteiger partial charge in [-0.05, 0) is 24.8 Å². The Bertz CT molecular complexity index is 78.6. The molecule has 0 rings (SSSR count). The molecule has 0 aliphatic carbocycles. The monoisotopic (exact) mass is 127 g/mol. The third kappa shape index (κ3) is 3.31. The van der Waals surface area contributed by atoms with E-state index < -0.39 is 0 Å². The molecule has 0 amide bonds. The third-order valence-corrected chi connectivity index (χ3v) is 1.88. The van der Waals surface area contributed by atoms with Gasteiger partial charge in [0.25, 0.3) is 0 Å². The summed E-state index contributed by atoms with van der Waals surface area (Å²) in [7, 11) is 0. The standard InChI is InChI=1S/C8H17N/c1-4-5-7(2)8(3)6-9/h4,7-8H,1,5-6,9H2,2-3H3/t7?,8-/m1/s1. The molecule has 9 heavy (non-hydrogen) atoms. The van der Waals surface area contributed by atoms with Gasteiger partial charge in [-0.3, -0.25) is 0 Å². The fourth-order valence-corrected chi connectivity index (χ4v) is 0.728. The normalized spacial score (nSPS) is 16.8. The van der Waals surface area contributed by atoms with E-state index in [1.54, 1.807) is 0 Å². The summed E-state index contributed by atoms with van der Waals surface area (Å²) in [5, 5.41) is 0. The molecule has 0 aromatic rings. The van der Waals surface area contributed by atoms with Gasteiger partial charge in [0.15, 0.2) is 0 Å². The van der Waals surface area contributed by atoms with Crippen LogP contribution in [0.1, 0.15) is 20.3 Å². The Morgan fingerprint density at radius 3 is 2.33 bits per heavy atom. The van der Waals surface area contributed by atoms with Crippen LogP contribution in [0.2, 0.25) is 0 Å². The molecule has 0 bridgehead atoms. The van der Waals surface area contributed by atoms with E-state index in [0.29, 0.717) is 11.8 Å². The van der Waals surface area contributed by atoms with Crippen molar-refractivity contribution in [2.24, 2.45) is 17.6 Å². The molecular weight excluding hydrogens is 110 g/mol. The molecule has 2 N–H and O–H groups in total. The molecule has 0 spiro atoms. The summed E-state index contributed by atoms with van der Waals surface area (Å²) in [5.41, 5.74) is 5.47. The van der Waals surface area contributed by atoms with Crippen LogP contribution in [0.3, 0.4) is 0 Å². The van der Waals surface area contributed by atoms with E-state index in [9.17, 15) is 0 Å². The zero-order valence-corrected chi connectivity index (χ0v) is 6.43. The first-order valence-corrected chi connectivity index (χ1v) is 3.53. The SMILES string of the molecule is C=CCC(C)[C@H](C)CN. The van der Waals surface area contributed by atoms with Crippen molar-refractivity contribution in [2.45, 2.75) is 20.3 Å². The van der Waals surface area contributed by atoms with Gasteiger partial charge < -0.3 is 5.73 Å². The molecule has 1 nitrogen and oxygen atoms in total. The van der Waals surface area contributed by atoms with E-state index in [-0.39, 0.29) is 0 Å². The molecule has 0 aromatic heterocycles. The van der Waals surface area contributed by atoms with Crippen molar-refractivity contribution in [2.75, 3.05) is 6.54 Å². The Morgan fingerprint density at radius 1 is 1.44 bits per heavy atom. The molecule has 0 fully saturated rings. The van der Waals surface area contributed by atoms with E-state index in [4.69, 9.17) is 5.73 Å². The first kappa shape index (κ1) is 8.70. The fraction of sp³-hybridized carbons (Fsp3) is 0.750. The Kier molecular flexibility index (Phi) is 4.41. The van der Waals surface area contributed by atoms with Crippen LogP contribution in [-0.2, 0) is 0 Å². The van der Waals surface area contributed by atoms with Gasteiger partial charge in [-0.25, -0.2) is 0 Å². The summed E-state index contributed by atoms with van der Waals surface area (Å²) >= 11 is 0. The first-order chi connectivity index (χ1) is 4.22. The Balaban J connectivity index is 3.44. The van der Waals surface area contributed by atoms with Gasteiger partial charge in [-0.2, -0.15) is 0 Å². The molecule has 54 valence electrons. The predicted molar refractivity (Wildman–Crippen MR) is 42.2 cm³/mol. The minimum atomic E-state index is 0.628. The highest BCUT2D eigenvalue weighted by Gasteiger charge is 2.06. The maximum absolute atomic E-state index is 5.47. The molecule has 0 aliphatic rings. The summed E-state index contributed by atoms with van der Waals surface area (Å²) < 4.78 is 0. The maximum atomic E-state index is 5.47. The number of allylic oxidation sites excluding steroid dienone is 1. The van der Waals surface area contributed by atoms with Crippen LogP contribution in [0.25, 0.3) is 0 Å². The highest BCUT2D eigenvalue weighted by molar-refractivity contribution is 4.73. The van der Waals surface area contributed by atoms with Crippen molar-refractivity contribution in [3.05, 3.63) is 12.7 Å². The van der Waals surface area contributed by atoms with E-state index in [1.165, 1.54) is 0 Å². The molecular formula is C8H17N. The molecule has 1 unspecified atom stereocenters. The van der Waals surface area contributed by atoms with Crippen LogP contribution >= 0.6 is 0 Å².